The van der Waals surface area contributed by atoms with E-state index in [0.717, 1.165) is 42.6 Å². The fourth-order valence-corrected chi connectivity index (χ4v) is 2.78. The monoisotopic (exact) mass is 245 g/mol. The predicted octanol–water partition coefficient (Wildman–Crippen LogP) is 1.41. The van der Waals surface area contributed by atoms with Crippen LogP contribution in [-0.2, 0) is 12.8 Å². The highest BCUT2D eigenvalue weighted by atomic mass is 16.1. The van der Waals surface area contributed by atoms with Crippen molar-refractivity contribution in [2.75, 3.05) is 0 Å². The van der Waals surface area contributed by atoms with Crippen LogP contribution in [0.2, 0.25) is 0 Å². The van der Waals surface area contributed by atoms with E-state index in [4.69, 9.17) is 0 Å². The molecule has 2 heterocycles. The van der Waals surface area contributed by atoms with E-state index < -0.39 is 0 Å². The average molecular weight is 245 g/mol. The molecular weight excluding hydrogens is 230 g/mol. The van der Waals surface area contributed by atoms with E-state index in [1.165, 1.54) is 6.92 Å². The molecule has 0 aromatic carbocycles. The number of Topliss-reactive ketones (excluding diaryl/α,β-unsaturated/α-hetero) is 1. The number of aryl methyl sites for hydroxylation is 3. The normalized spacial score (nSPS) is 14.8. The molecule has 1 N–H and O–H groups in total. The second-order valence-electron chi connectivity index (χ2n) is 4.86. The van der Waals surface area contributed by atoms with Crippen LogP contribution in [0.25, 0.3) is 5.65 Å². The first-order chi connectivity index (χ1) is 8.59. The Morgan fingerprint density at radius 2 is 2.06 bits per heavy atom. The van der Waals surface area contributed by atoms with Crippen molar-refractivity contribution in [3.63, 3.8) is 0 Å². The lowest BCUT2D eigenvalue weighted by atomic mass is 9.98. The van der Waals surface area contributed by atoms with Gasteiger partial charge in [0, 0.05) is 5.56 Å². The molecule has 0 radical (unpaired) electrons. The number of aromatic amines is 1. The number of aromatic nitrogens is 3. The zero-order valence-electron chi connectivity index (χ0n) is 10.5. The molecule has 0 fully saturated rings. The second-order valence-corrected chi connectivity index (χ2v) is 4.86. The third-order valence-electron chi connectivity index (χ3n) is 3.65. The lowest BCUT2D eigenvalue weighted by molar-refractivity contribution is 0.101. The van der Waals surface area contributed by atoms with E-state index in [0.29, 0.717) is 5.69 Å². The summed E-state index contributed by atoms with van der Waals surface area (Å²) in [6.45, 7) is 3.18. The third kappa shape index (κ3) is 1.43. The molecule has 18 heavy (non-hydrogen) atoms. The van der Waals surface area contributed by atoms with Gasteiger partial charge in [-0.05, 0) is 39.5 Å². The van der Waals surface area contributed by atoms with Gasteiger partial charge in [-0.3, -0.25) is 9.59 Å². The van der Waals surface area contributed by atoms with Crippen LogP contribution >= 0.6 is 0 Å². The molecular formula is C13H15N3O2. The fourth-order valence-electron chi connectivity index (χ4n) is 2.78. The minimum Gasteiger partial charge on any atom is -0.306 e. The lowest BCUT2D eigenvalue weighted by Crippen LogP contribution is -2.21. The van der Waals surface area contributed by atoms with Crippen LogP contribution in [0.15, 0.2) is 4.79 Å². The van der Waals surface area contributed by atoms with E-state index >= 15 is 0 Å². The minimum absolute atomic E-state index is 0.211. The molecule has 2 aromatic rings. The van der Waals surface area contributed by atoms with Gasteiger partial charge < -0.3 is 4.98 Å². The summed E-state index contributed by atoms with van der Waals surface area (Å²) in [5, 5.41) is 4.53. The van der Waals surface area contributed by atoms with Gasteiger partial charge in [-0.25, -0.2) is 4.52 Å². The van der Waals surface area contributed by atoms with Crippen molar-refractivity contribution >= 4 is 11.4 Å². The molecule has 5 heteroatoms. The summed E-state index contributed by atoms with van der Waals surface area (Å²) in [6, 6.07) is 0. The summed E-state index contributed by atoms with van der Waals surface area (Å²) in [5.74, 6) is -0.218. The molecule has 0 atom stereocenters. The maximum atomic E-state index is 12.0. The Morgan fingerprint density at radius 1 is 1.33 bits per heavy atom. The summed E-state index contributed by atoms with van der Waals surface area (Å²) >= 11 is 0. The highest BCUT2D eigenvalue weighted by Gasteiger charge is 2.21. The number of nitrogens with one attached hydrogen (secondary N) is 1. The van der Waals surface area contributed by atoms with Gasteiger partial charge in [0.2, 0.25) is 0 Å². The van der Waals surface area contributed by atoms with E-state index in [9.17, 15) is 9.59 Å². The topological polar surface area (TPSA) is 67.2 Å². The van der Waals surface area contributed by atoms with Crippen molar-refractivity contribution in [1.82, 2.24) is 14.6 Å². The van der Waals surface area contributed by atoms with Crippen molar-refractivity contribution in [1.29, 1.82) is 0 Å². The van der Waals surface area contributed by atoms with Crippen molar-refractivity contribution in [2.45, 2.75) is 39.5 Å². The molecule has 0 bridgehead atoms. The summed E-state index contributed by atoms with van der Waals surface area (Å²) < 4.78 is 1.72. The van der Waals surface area contributed by atoms with E-state index in [1.54, 1.807) is 11.4 Å². The third-order valence-corrected chi connectivity index (χ3v) is 3.65. The first-order valence-corrected chi connectivity index (χ1v) is 6.24. The van der Waals surface area contributed by atoms with Gasteiger partial charge in [-0.1, -0.05) is 0 Å². The van der Waals surface area contributed by atoms with Gasteiger partial charge in [0.15, 0.2) is 5.78 Å². The lowest BCUT2D eigenvalue weighted by Gasteiger charge is -2.08. The number of carbonyl (C=O) groups is 1. The summed E-state index contributed by atoms with van der Waals surface area (Å²) in [6.07, 6.45) is 4.17. The first kappa shape index (κ1) is 11.2. The van der Waals surface area contributed by atoms with Gasteiger partial charge in [0.25, 0.3) is 5.56 Å². The van der Waals surface area contributed by atoms with Crippen LogP contribution in [0.4, 0.5) is 0 Å². The molecule has 0 aliphatic heterocycles. The molecule has 5 nitrogen and oxygen atoms in total. The Kier molecular flexibility index (Phi) is 2.36. The number of fused-ring (bicyclic) bond motifs is 3. The predicted molar refractivity (Wildman–Crippen MR) is 67.2 cm³/mol. The summed E-state index contributed by atoms with van der Waals surface area (Å²) in [4.78, 5) is 26.3. The SMILES string of the molecule is CC(=O)c1c(C)n2nc3c(c2[nH]c1=O)CCCC3. The van der Waals surface area contributed by atoms with E-state index in [2.05, 4.69) is 10.1 Å². The quantitative estimate of drug-likeness (QED) is 0.772. The Balaban J connectivity index is 2.40. The zero-order valence-corrected chi connectivity index (χ0v) is 10.5. The minimum atomic E-state index is -0.305. The maximum absolute atomic E-state index is 12.0. The smallest absolute Gasteiger partial charge is 0.262 e. The standard InChI is InChI=1S/C13H15N3O2/c1-7-11(8(2)17)13(18)14-12-9-5-3-4-6-10(9)15-16(7)12/h3-6H2,1-2H3,(H,14,18). The Bertz CT molecular complexity index is 709. The van der Waals surface area contributed by atoms with E-state index in [1.807, 2.05) is 0 Å². The van der Waals surface area contributed by atoms with Gasteiger partial charge >= 0.3 is 0 Å². The van der Waals surface area contributed by atoms with Crippen LogP contribution in [0.5, 0.6) is 0 Å². The van der Waals surface area contributed by atoms with Crippen LogP contribution in [0.3, 0.4) is 0 Å². The van der Waals surface area contributed by atoms with Crippen molar-refractivity contribution < 1.29 is 4.79 Å². The van der Waals surface area contributed by atoms with Gasteiger partial charge in [-0.2, -0.15) is 5.10 Å². The summed E-state index contributed by atoms with van der Waals surface area (Å²) in [7, 11) is 0. The molecule has 0 amide bonds. The number of hydrogen-bond donors (Lipinski definition) is 1. The van der Waals surface area contributed by atoms with Crippen LogP contribution in [0.1, 0.15) is 47.1 Å². The molecule has 3 rings (SSSR count). The maximum Gasteiger partial charge on any atom is 0.262 e. The first-order valence-electron chi connectivity index (χ1n) is 6.24. The van der Waals surface area contributed by atoms with Crippen LogP contribution in [0, 0.1) is 6.92 Å². The number of H-pyrrole nitrogens is 1. The zero-order chi connectivity index (χ0) is 12.9. The molecule has 0 saturated heterocycles. The van der Waals surface area contributed by atoms with Crippen molar-refractivity contribution in [2.24, 2.45) is 0 Å². The highest BCUT2D eigenvalue weighted by molar-refractivity contribution is 5.94. The Hall–Kier alpha value is -1.91. The molecule has 2 aromatic heterocycles. The average Bonchev–Trinajstić information content (AvgIpc) is 2.68. The van der Waals surface area contributed by atoms with Gasteiger partial charge in [0.05, 0.1) is 11.4 Å². The fraction of sp³-hybridized carbons (Fsp3) is 0.462. The number of hydrogen-bond acceptors (Lipinski definition) is 3. The number of rotatable bonds is 1. The molecule has 94 valence electrons. The largest absolute Gasteiger partial charge is 0.306 e. The highest BCUT2D eigenvalue weighted by Crippen LogP contribution is 2.24. The van der Waals surface area contributed by atoms with Gasteiger partial charge in [-0.15, -0.1) is 0 Å². The molecule has 0 unspecified atom stereocenters. The van der Waals surface area contributed by atoms with Crippen molar-refractivity contribution in [3.05, 3.63) is 32.9 Å². The van der Waals surface area contributed by atoms with Gasteiger partial charge in [0.1, 0.15) is 11.2 Å². The number of carbonyl (C=O) groups excluding carboxylic acids is 1. The van der Waals surface area contributed by atoms with Crippen molar-refractivity contribution in [3.8, 4) is 0 Å². The molecule has 1 aliphatic carbocycles. The number of ketones is 1. The molecule has 0 saturated carbocycles. The Labute approximate surface area is 104 Å². The summed E-state index contributed by atoms with van der Waals surface area (Å²) in [5.41, 5.74) is 3.49. The second kappa shape index (κ2) is 3.80. The van der Waals surface area contributed by atoms with E-state index in [-0.39, 0.29) is 16.9 Å². The van der Waals surface area contributed by atoms with Crippen LogP contribution < -0.4 is 5.56 Å². The number of nitrogens with zero attached hydrogens (tertiary/aromatic N) is 2. The molecule has 0 spiro atoms. The molecule has 1 aliphatic rings. The Morgan fingerprint density at radius 3 is 2.78 bits per heavy atom. The van der Waals surface area contributed by atoms with Crippen LogP contribution in [-0.4, -0.2) is 20.4 Å².